The van der Waals surface area contributed by atoms with E-state index in [1.807, 2.05) is 0 Å². The Hall–Kier alpha value is -1.91. The van der Waals surface area contributed by atoms with Crippen LogP contribution in [0.2, 0.25) is 0 Å². The van der Waals surface area contributed by atoms with Gasteiger partial charge in [-0.3, -0.25) is 4.79 Å². The van der Waals surface area contributed by atoms with Crippen molar-refractivity contribution >= 4 is 5.91 Å². The molecule has 0 atom stereocenters. The van der Waals surface area contributed by atoms with E-state index in [0.29, 0.717) is 12.2 Å². The molecule has 98 valence electrons. The fraction of sp³-hybridized carbons (Fsp3) is 0.462. The lowest BCUT2D eigenvalue weighted by Gasteiger charge is -2.03. The van der Waals surface area contributed by atoms with Crippen LogP contribution in [0.4, 0.5) is 0 Å². The summed E-state index contributed by atoms with van der Waals surface area (Å²) in [4.78, 5) is 22.4. The van der Waals surface area contributed by atoms with Crippen LogP contribution in [-0.2, 0) is 0 Å². The fourth-order valence-corrected chi connectivity index (χ4v) is 1.44. The summed E-state index contributed by atoms with van der Waals surface area (Å²) in [5, 5.41) is 2.87. The molecule has 0 unspecified atom stereocenters. The molecule has 2 N–H and O–H groups in total. The maximum Gasteiger partial charge on any atom is 0.267 e. The Labute approximate surface area is 107 Å². The molecule has 0 aliphatic rings. The van der Waals surface area contributed by atoms with E-state index in [1.54, 1.807) is 18.5 Å². The van der Waals surface area contributed by atoms with E-state index in [1.165, 1.54) is 25.4 Å². The van der Waals surface area contributed by atoms with Gasteiger partial charge in [0.2, 0.25) is 0 Å². The normalized spacial score (nSPS) is 9.61. The summed E-state index contributed by atoms with van der Waals surface area (Å²) in [7, 11) is 0. The first-order valence-electron chi connectivity index (χ1n) is 6.29. The summed E-state index contributed by atoms with van der Waals surface area (Å²) in [5.41, 5.74) is 0.469. The highest BCUT2D eigenvalue weighted by Gasteiger charge is 2.02. The minimum absolute atomic E-state index is 0.121. The van der Waals surface area contributed by atoms with E-state index < -0.39 is 0 Å². The molecule has 1 aromatic heterocycles. The molecule has 18 heavy (non-hydrogen) atoms. The number of aromatic nitrogens is 3. The van der Waals surface area contributed by atoms with E-state index in [2.05, 4.69) is 27.2 Å². The van der Waals surface area contributed by atoms with E-state index in [0.717, 1.165) is 12.8 Å². The monoisotopic (exact) mass is 248 g/mol. The molecular weight excluding hydrogens is 228 g/mol. The molecule has 5 heteroatoms. The lowest BCUT2D eigenvalue weighted by atomic mass is 10.2. The minimum atomic E-state index is -0.121. The highest BCUT2D eigenvalue weighted by molar-refractivity contribution is 5.91. The van der Waals surface area contributed by atoms with Gasteiger partial charge in [0.1, 0.15) is 12.0 Å². The number of carbonyl (C=O) groups is 1. The smallest absolute Gasteiger partial charge is 0.267 e. The van der Waals surface area contributed by atoms with Crippen LogP contribution in [0.1, 0.15) is 43.1 Å². The number of H-pyrrole nitrogens is 1. The molecule has 1 amide bonds. The topological polar surface area (TPSA) is 70.7 Å². The Kier molecular flexibility index (Phi) is 7.20. The molecule has 0 radical (unpaired) electrons. The third kappa shape index (κ3) is 5.98. The Bertz CT molecular complexity index is 378. The van der Waals surface area contributed by atoms with Gasteiger partial charge in [-0.2, -0.15) is 0 Å². The van der Waals surface area contributed by atoms with Crippen molar-refractivity contribution in [2.45, 2.75) is 32.6 Å². The van der Waals surface area contributed by atoms with Crippen molar-refractivity contribution in [3.63, 3.8) is 0 Å². The predicted octanol–water partition coefficient (Wildman–Crippen LogP) is 2.24. The molecule has 5 nitrogen and oxygen atoms in total. The second kappa shape index (κ2) is 9.15. The number of nitrogens with one attached hydrogen (secondary N) is 2. The molecule has 0 saturated heterocycles. The fourth-order valence-electron chi connectivity index (χ4n) is 1.44. The van der Waals surface area contributed by atoms with Gasteiger partial charge < -0.3 is 10.3 Å². The number of amides is 1. The van der Waals surface area contributed by atoms with Crippen LogP contribution >= 0.6 is 0 Å². The summed E-state index contributed by atoms with van der Waals surface area (Å²) >= 11 is 0. The van der Waals surface area contributed by atoms with E-state index in [4.69, 9.17) is 0 Å². The Morgan fingerprint density at radius 3 is 2.94 bits per heavy atom. The van der Waals surface area contributed by atoms with Gasteiger partial charge in [-0.15, -0.1) is 0 Å². The van der Waals surface area contributed by atoms with Crippen LogP contribution in [0.25, 0.3) is 0 Å². The van der Waals surface area contributed by atoms with Crippen molar-refractivity contribution in [1.82, 2.24) is 20.3 Å². The van der Waals surface area contributed by atoms with Gasteiger partial charge in [-0.05, 0) is 12.5 Å². The van der Waals surface area contributed by atoms with Crippen LogP contribution in [-0.4, -0.2) is 27.4 Å². The first kappa shape index (κ1) is 14.2. The van der Waals surface area contributed by atoms with E-state index in [-0.39, 0.29) is 5.91 Å². The standard InChI is InChI=1S/C13H20N4O/c1-2-3-4-5-7-17-13(18)12-6-8-14-11-15-9-10-16-12/h6,8-11,16H,2-5,7H2,1H3,(H,17,18). The quantitative estimate of drug-likeness (QED) is 0.758. The molecule has 1 rings (SSSR count). The molecule has 1 aromatic rings. The highest BCUT2D eigenvalue weighted by Crippen LogP contribution is 1.97. The molecule has 0 aliphatic heterocycles. The summed E-state index contributed by atoms with van der Waals surface area (Å²) in [5.74, 6) is -0.121. The SMILES string of the molecule is CCCCCCNC(=O)c1ccncncc[nH]1. The van der Waals surface area contributed by atoms with Gasteiger partial charge in [0.25, 0.3) is 5.91 Å². The van der Waals surface area contributed by atoms with Crippen molar-refractivity contribution < 1.29 is 4.79 Å². The zero-order valence-electron chi connectivity index (χ0n) is 10.7. The van der Waals surface area contributed by atoms with E-state index >= 15 is 0 Å². The van der Waals surface area contributed by atoms with Crippen LogP contribution in [0.5, 0.6) is 0 Å². The van der Waals surface area contributed by atoms with Gasteiger partial charge in [0.05, 0.1) is 0 Å². The van der Waals surface area contributed by atoms with Crippen LogP contribution in [0.15, 0.2) is 31.0 Å². The third-order valence-corrected chi connectivity index (χ3v) is 2.42. The molecule has 0 saturated carbocycles. The van der Waals surface area contributed by atoms with Crippen molar-refractivity contribution in [3.05, 3.63) is 36.7 Å². The predicted molar refractivity (Wildman–Crippen MR) is 70.5 cm³/mol. The molecule has 0 spiro atoms. The number of hydrogen-bond acceptors (Lipinski definition) is 3. The van der Waals surface area contributed by atoms with Gasteiger partial charge in [-0.25, -0.2) is 9.97 Å². The maximum atomic E-state index is 11.8. The van der Waals surface area contributed by atoms with Crippen LogP contribution in [0, 0.1) is 0 Å². The highest BCUT2D eigenvalue weighted by atomic mass is 16.1. The number of unbranched alkanes of at least 4 members (excludes halogenated alkanes) is 3. The molecule has 0 fully saturated rings. The zero-order valence-corrected chi connectivity index (χ0v) is 10.7. The lowest BCUT2D eigenvalue weighted by molar-refractivity contribution is 0.0948. The summed E-state index contributed by atoms with van der Waals surface area (Å²) in [6.45, 7) is 2.87. The summed E-state index contributed by atoms with van der Waals surface area (Å²) in [6, 6.07) is 1.63. The Balaban J connectivity index is 2.49. The molecule has 0 aromatic carbocycles. The first-order chi connectivity index (χ1) is 8.84. The number of hydrogen-bond donors (Lipinski definition) is 2. The average molecular weight is 248 g/mol. The summed E-state index contributed by atoms with van der Waals surface area (Å²) in [6.07, 6.45) is 10.7. The van der Waals surface area contributed by atoms with Crippen molar-refractivity contribution in [2.24, 2.45) is 0 Å². The second-order valence-electron chi connectivity index (χ2n) is 3.92. The van der Waals surface area contributed by atoms with Gasteiger partial charge >= 0.3 is 0 Å². The molecule has 0 bridgehead atoms. The largest absolute Gasteiger partial charge is 0.356 e. The van der Waals surface area contributed by atoms with Gasteiger partial charge in [0.15, 0.2) is 0 Å². The van der Waals surface area contributed by atoms with Crippen molar-refractivity contribution in [2.75, 3.05) is 6.54 Å². The number of carbonyl (C=O) groups excluding carboxylic acids is 1. The first-order valence-corrected chi connectivity index (χ1v) is 6.29. The second-order valence-corrected chi connectivity index (χ2v) is 3.92. The molecule has 0 aliphatic carbocycles. The Morgan fingerprint density at radius 1 is 1.28 bits per heavy atom. The minimum Gasteiger partial charge on any atom is -0.356 e. The van der Waals surface area contributed by atoms with Crippen molar-refractivity contribution in [1.29, 1.82) is 0 Å². The maximum absolute atomic E-state index is 11.8. The number of nitrogens with zero attached hydrogens (tertiary/aromatic N) is 2. The lowest BCUT2D eigenvalue weighted by Crippen LogP contribution is -2.25. The summed E-state index contributed by atoms with van der Waals surface area (Å²) < 4.78 is 0. The number of aromatic amines is 1. The van der Waals surface area contributed by atoms with E-state index in [9.17, 15) is 4.79 Å². The average Bonchev–Trinajstić information content (AvgIpc) is 2.51. The van der Waals surface area contributed by atoms with Gasteiger partial charge in [0, 0.05) is 25.1 Å². The van der Waals surface area contributed by atoms with Gasteiger partial charge in [-0.1, -0.05) is 26.2 Å². The van der Waals surface area contributed by atoms with Crippen molar-refractivity contribution in [3.8, 4) is 0 Å². The van der Waals surface area contributed by atoms with Crippen LogP contribution in [0.3, 0.4) is 0 Å². The Morgan fingerprint density at radius 2 is 2.11 bits per heavy atom. The zero-order chi connectivity index (χ0) is 13.1. The molecule has 1 heterocycles. The molecular formula is C13H20N4O. The number of rotatable bonds is 6. The third-order valence-electron chi connectivity index (χ3n) is 2.42. The van der Waals surface area contributed by atoms with Crippen LogP contribution < -0.4 is 5.32 Å².